The van der Waals surface area contributed by atoms with Gasteiger partial charge in [-0.15, -0.1) is 0 Å². The molecule has 5 heteroatoms. The van der Waals surface area contributed by atoms with Gasteiger partial charge in [0.15, 0.2) is 0 Å². The molecule has 80 valence electrons. The van der Waals surface area contributed by atoms with Gasteiger partial charge in [-0.05, 0) is 6.07 Å². The molecule has 0 saturated carbocycles. The molecule has 1 aromatic rings. The van der Waals surface area contributed by atoms with E-state index in [1.807, 2.05) is 0 Å². The number of aromatic nitrogens is 1. The van der Waals surface area contributed by atoms with Crippen LogP contribution in [0.15, 0.2) is 12.3 Å². The summed E-state index contributed by atoms with van der Waals surface area (Å²) in [6.45, 7) is 1.85. The minimum atomic E-state index is -0.380. The van der Waals surface area contributed by atoms with E-state index in [1.54, 1.807) is 6.07 Å². The van der Waals surface area contributed by atoms with Gasteiger partial charge in [-0.3, -0.25) is 0 Å². The van der Waals surface area contributed by atoms with Gasteiger partial charge in [0.2, 0.25) is 0 Å². The predicted octanol–water partition coefficient (Wildman–Crippen LogP) is 0.810. The number of nitrogens with one attached hydrogen (secondary N) is 1. The lowest BCUT2D eigenvalue weighted by Crippen LogP contribution is -2.07. The molecular formula is C10H12N2O3. The van der Waals surface area contributed by atoms with Crippen LogP contribution in [-0.4, -0.2) is 31.2 Å². The zero-order chi connectivity index (χ0) is 10.7. The van der Waals surface area contributed by atoms with Crippen LogP contribution in [0, 0.1) is 0 Å². The number of esters is 1. The van der Waals surface area contributed by atoms with Crippen LogP contribution in [0.1, 0.15) is 15.9 Å². The van der Waals surface area contributed by atoms with Gasteiger partial charge in [-0.2, -0.15) is 0 Å². The molecule has 0 radical (unpaired) electrons. The Morgan fingerprint density at radius 1 is 1.67 bits per heavy atom. The summed E-state index contributed by atoms with van der Waals surface area (Å²) in [7, 11) is 1.35. The van der Waals surface area contributed by atoms with Gasteiger partial charge in [-0.1, -0.05) is 0 Å². The van der Waals surface area contributed by atoms with Crippen molar-refractivity contribution in [3.8, 4) is 0 Å². The Morgan fingerprint density at radius 2 is 2.53 bits per heavy atom. The van der Waals surface area contributed by atoms with Crippen molar-refractivity contribution in [1.82, 2.24) is 4.98 Å². The molecule has 15 heavy (non-hydrogen) atoms. The smallest absolute Gasteiger partial charge is 0.339 e. The summed E-state index contributed by atoms with van der Waals surface area (Å²) in [5.74, 6) is 0.398. The van der Waals surface area contributed by atoms with Crippen molar-refractivity contribution in [3.05, 3.63) is 23.4 Å². The number of nitrogens with zero attached hydrogens (tertiary/aromatic N) is 1. The molecule has 0 spiro atoms. The highest BCUT2D eigenvalue weighted by molar-refractivity contribution is 5.89. The van der Waals surface area contributed by atoms with Crippen molar-refractivity contribution in [2.24, 2.45) is 0 Å². The Morgan fingerprint density at radius 3 is 3.33 bits per heavy atom. The number of anilines is 1. The van der Waals surface area contributed by atoms with Gasteiger partial charge < -0.3 is 14.8 Å². The summed E-state index contributed by atoms with van der Waals surface area (Å²) in [5, 5.41) is 3.12. The molecular weight excluding hydrogens is 196 g/mol. The first kappa shape index (κ1) is 9.92. The lowest BCUT2D eigenvalue weighted by atomic mass is 10.2. The quantitative estimate of drug-likeness (QED) is 0.692. The van der Waals surface area contributed by atoms with Crippen LogP contribution in [0.3, 0.4) is 0 Å². The standard InChI is InChI=1S/C10H12N2O3/c1-14-10(13)7-4-8-6-15-3-2-11-9(8)12-5-7/h4-5H,2-3,6H2,1H3,(H,11,12). The fraction of sp³-hybridized carbons (Fsp3) is 0.400. The van der Waals surface area contributed by atoms with Gasteiger partial charge in [0, 0.05) is 18.3 Å². The normalized spacial score (nSPS) is 14.7. The Labute approximate surface area is 87.4 Å². The summed E-state index contributed by atoms with van der Waals surface area (Å²) >= 11 is 0. The third kappa shape index (κ3) is 2.07. The number of carbonyl (C=O) groups excluding carboxylic acids is 1. The number of ether oxygens (including phenoxy) is 2. The highest BCUT2D eigenvalue weighted by Gasteiger charge is 2.13. The highest BCUT2D eigenvalue weighted by atomic mass is 16.5. The van der Waals surface area contributed by atoms with E-state index >= 15 is 0 Å². The first-order chi connectivity index (χ1) is 7.31. The number of methoxy groups -OCH3 is 1. The summed E-state index contributed by atoms with van der Waals surface area (Å²) in [4.78, 5) is 15.4. The molecule has 0 unspecified atom stereocenters. The lowest BCUT2D eigenvalue weighted by molar-refractivity contribution is 0.0600. The molecule has 0 amide bonds. The molecule has 2 rings (SSSR count). The number of hydrogen-bond acceptors (Lipinski definition) is 5. The average molecular weight is 208 g/mol. The lowest BCUT2D eigenvalue weighted by Gasteiger charge is -2.06. The molecule has 1 aromatic heterocycles. The third-order valence-corrected chi connectivity index (χ3v) is 2.18. The zero-order valence-electron chi connectivity index (χ0n) is 8.45. The van der Waals surface area contributed by atoms with Crippen molar-refractivity contribution >= 4 is 11.8 Å². The van der Waals surface area contributed by atoms with E-state index in [0.29, 0.717) is 18.8 Å². The van der Waals surface area contributed by atoms with Crippen LogP contribution in [0.25, 0.3) is 0 Å². The van der Waals surface area contributed by atoms with Gasteiger partial charge in [0.1, 0.15) is 5.82 Å². The Kier molecular flexibility index (Phi) is 2.82. The maximum Gasteiger partial charge on any atom is 0.339 e. The number of hydrogen-bond donors (Lipinski definition) is 1. The molecule has 0 bridgehead atoms. The minimum Gasteiger partial charge on any atom is -0.465 e. The zero-order valence-corrected chi connectivity index (χ0v) is 8.45. The largest absolute Gasteiger partial charge is 0.465 e. The van der Waals surface area contributed by atoms with E-state index in [-0.39, 0.29) is 5.97 Å². The molecule has 0 saturated heterocycles. The number of rotatable bonds is 1. The first-order valence-corrected chi connectivity index (χ1v) is 4.70. The van der Waals surface area contributed by atoms with Crippen molar-refractivity contribution < 1.29 is 14.3 Å². The van der Waals surface area contributed by atoms with Gasteiger partial charge >= 0.3 is 5.97 Å². The van der Waals surface area contributed by atoms with Gasteiger partial charge in [0.25, 0.3) is 0 Å². The molecule has 2 heterocycles. The van der Waals surface area contributed by atoms with Crippen LogP contribution in [-0.2, 0) is 16.1 Å². The maximum atomic E-state index is 11.3. The number of fused-ring (bicyclic) bond motifs is 1. The van der Waals surface area contributed by atoms with Crippen molar-refractivity contribution in [2.75, 3.05) is 25.6 Å². The van der Waals surface area contributed by atoms with Crippen LogP contribution in [0.5, 0.6) is 0 Å². The highest BCUT2D eigenvalue weighted by Crippen LogP contribution is 2.17. The van der Waals surface area contributed by atoms with Crippen molar-refractivity contribution in [3.63, 3.8) is 0 Å². The molecule has 1 aliphatic rings. The van der Waals surface area contributed by atoms with Gasteiger partial charge in [-0.25, -0.2) is 9.78 Å². The van der Waals surface area contributed by atoms with Gasteiger partial charge in [0.05, 0.1) is 25.9 Å². The van der Waals surface area contributed by atoms with E-state index in [2.05, 4.69) is 15.0 Å². The van der Waals surface area contributed by atoms with Crippen molar-refractivity contribution in [2.45, 2.75) is 6.61 Å². The second-order valence-corrected chi connectivity index (χ2v) is 3.20. The molecule has 0 aromatic carbocycles. The van der Waals surface area contributed by atoms with E-state index < -0.39 is 0 Å². The fourth-order valence-electron chi connectivity index (χ4n) is 1.43. The van der Waals surface area contributed by atoms with E-state index in [0.717, 1.165) is 17.9 Å². The monoisotopic (exact) mass is 208 g/mol. The average Bonchev–Trinajstić information content (AvgIpc) is 2.51. The summed E-state index contributed by atoms with van der Waals surface area (Å²) in [5.41, 5.74) is 1.33. The Hall–Kier alpha value is -1.62. The second kappa shape index (κ2) is 4.27. The summed E-state index contributed by atoms with van der Waals surface area (Å²) < 4.78 is 9.95. The van der Waals surface area contributed by atoms with Crippen LogP contribution in [0.4, 0.5) is 5.82 Å². The van der Waals surface area contributed by atoms with Crippen LogP contribution < -0.4 is 5.32 Å². The molecule has 0 fully saturated rings. The van der Waals surface area contributed by atoms with E-state index in [1.165, 1.54) is 13.3 Å². The summed E-state index contributed by atoms with van der Waals surface area (Å²) in [6.07, 6.45) is 1.50. The summed E-state index contributed by atoms with van der Waals surface area (Å²) in [6, 6.07) is 1.74. The number of pyridine rings is 1. The van der Waals surface area contributed by atoms with Crippen LogP contribution >= 0.6 is 0 Å². The molecule has 0 aliphatic carbocycles. The topological polar surface area (TPSA) is 60.5 Å². The molecule has 1 aliphatic heterocycles. The first-order valence-electron chi connectivity index (χ1n) is 4.70. The van der Waals surface area contributed by atoms with Crippen molar-refractivity contribution in [1.29, 1.82) is 0 Å². The molecule has 0 atom stereocenters. The molecule has 1 N–H and O–H groups in total. The third-order valence-electron chi connectivity index (χ3n) is 2.18. The van der Waals surface area contributed by atoms with Crippen LogP contribution in [0.2, 0.25) is 0 Å². The minimum absolute atomic E-state index is 0.380. The fourth-order valence-corrected chi connectivity index (χ4v) is 1.43. The maximum absolute atomic E-state index is 11.3. The molecule has 5 nitrogen and oxygen atoms in total. The Bertz CT molecular complexity index is 379. The second-order valence-electron chi connectivity index (χ2n) is 3.20. The SMILES string of the molecule is COC(=O)c1cnc2c(c1)COCCN2. The predicted molar refractivity (Wildman–Crippen MR) is 53.7 cm³/mol. The van der Waals surface area contributed by atoms with E-state index in [9.17, 15) is 4.79 Å². The van der Waals surface area contributed by atoms with E-state index in [4.69, 9.17) is 4.74 Å². The Balaban J connectivity index is 2.31. The number of carbonyl (C=O) groups is 1.